The van der Waals surface area contributed by atoms with Gasteiger partial charge in [-0.05, 0) is 38.8 Å². The van der Waals surface area contributed by atoms with Crippen molar-refractivity contribution in [2.24, 2.45) is 5.92 Å². The zero-order valence-electron chi connectivity index (χ0n) is 18.5. The summed E-state index contributed by atoms with van der Waals surface area (Å²) in [7, 11) is -3.74. The molecule has 2 fully saturated rings. The van der Waals surface area contributed by atoms with E-state index in [9.17, 15) is 17.6 Å². The first kappa shape index (κ1) is 22.7. The molecule has 2 aliphatic rings. The van der Waals surface area contributed by atoms with Crippen molar-refractivity contribution in [2.75, 3.05) is 44.2 Å². The lowest BCUT2D eigenvalue weighted by Gasteiger charge is -2.39. The molecule has 2 aromatic rings. The van der Waals surface area contributed by atoms with E-state index in [-0.39, 0.29) is 35.3 Å². The van der Waals surface area contributed by atoms with Crippen LogP contribution in [0.15, 0.2) is 41.8 Å². The summed E-state index contributed by atoms with van der Waals surface area (Å²) in [6.07, 6.45) is 4.38. The summed E-state index contributed by atoms with van der Waals surface area (Å²) in [5.41, 5.74) is 0.551. The van der Waals surface area contributed by atoms with Gasteiger partial charge in [-0.15, -0.1) is 0 Å². The molecule has 32 heavy (non-hydrogen) atoms. The number of carbonyl (C=O) groups is 1. The first-order valence-corrected chi connectivity index (χ1v) is 12.5. The summed E-state index contributed by atoms with van der Waals surface area (Å²) in [5.74, 6) is -0.656. The van der Waals surface area contributed by atoms with Crippen molar-refractivity contribution in [1.29, 1.82) is 0 Å². The number of carbonyl (C=O) groups excluding carboxylic acids is 1. The number of imidazole rings is 1. The molecular weight excluding hydrogens is 433 g/mol. The molecule has 8 nitrogen and oxygen atoms in total. The van der Waals surface area contributed by atoms with Gasteiger partial charge in [0, 0.05) is 51.5 Å². The van der Waals surface area contributed by atoms with Crippen LogP contribution in [0.3, 0.4) is 0 Å². The molecule has 0 saturated carbocycles. The van der Waals surface area contributed by atoms with Gasteiger partial charge in [0.15, 0.2) is 5.03 Å². The van der Waals surface area contributed by atoms with E-state index in [1.165, 1.54) is 16.7 Å². The quantitative estimate of drug-likeness (QED) is 0.680. The van der Waals surface area contributed by atoms with Crippen LogP contribution < -0.4 is 4.90 Å². The number of halogens is 1. The molecule has 174 valence electrons. The SMILES string of the molecule is CC(C)n1cnc(S(=O)(=O)N2CCC[C@H](C(=O)N3CCN(c4ccccc4F)CC3)C2)c1. The molecule has 1 aromatic heterocycles. The zero-order valence-corrected chi connectivity index (χ0v) is 19.3. The molecule has 0 unspecified atom stereocenters. The van der Waals surface area contributed by atoms with E-state index >= 15 is 0 Å². The minimum absolute atomic E-state index is 0.0224. The monoisotopic (exact) mass is 463 g/mol. The van der Waals surface area contributed by atoms with Crippen LogP contribution in [-0.4, -0.2) is 72.3 Å². The minimum Gasteiger partial charge on any atom is -0.366 e. The van der Waals surface area contributed by atoms with Crippen molar-refractivity contribution in [1.82, 2.24) is 18.8 Å². The van der Waals surface area contributed by atoms with E-state index in [1.54, 1.807) is 33.9 Å². The maximum atomic E-state index is 14.1. The predicted molar refractivity (Wildman–Crippen MR) is 119 cm³/mol. The number of sulfonamides is 1. The molecule has 2 aliphatic heterocycles. The number of piperazine rings is 1. The molecule has 0 radical (unpaired) electrons. The number of nitrogens with zero attached hydrogens (tertiary/aromatic N) is 5. The van der Waals surface area contributed by atoms with E-state index in [0.29, 0.717) is 51.3 Å². The Hall–Kier alpha value is -2.46. The van der Waals surface area contributed by atoms with Crippen LogP contribution in [0.2, 0.25) is 0 Å². The fourth-order valence-corrected chi connectivity index (χ4v) is 5.81. The molecule has 0 bridgehead atoms. The molecule has 4 rings (SSSR count). The smallest absolute Gasteiger partial charge is 0.262 e. The average Bonchev–Trinajstić information content (AvgIpc) is 3.31. The number of anilines is 1. The number of hydrogen-bond donors (Lipinski definition) is 0. The summed E-state index contributed by atoms with van der Waals surface area (Å²) >= 11 is 0. The van der Waals surface area contributed by atoms with Crippen LogP contribution in [0.1, 0.15) is 32.7 Å². The largest absolute Gasteiger partial charge is 0.366 e. The number of rotatable bonds is 5. The molecule has 3 heterocycles. The zero-order chi connectivity index (χ0) is 22.9. The molecule has 0 spiro atoms. The standard InChI is InChI=1S/C22H30FN5O3S/c1-17(2)27-15-21(24-16-27)32(30,31)28-9-5-6-18(14-28)22(29)26-12-10-25(11-13-26)20-8-4-3-7-19(20)23/h3-4,7-8,15-18H,5-6,9-14H2,1-2H3/t18-/m0/s1. The minimum atomic E-state index is -3.74. The second-order valence-corrected chi connectivity index (χ2v) is 10.6. The molecule has 2 saturated heterocycles. The lowest BCUT2D eigenvalue weighted by atomic mass is 9.97. The number of para-hydroxylation sites is 1. The van der Waals surface area contributed by atoms with Gasteiger partial charge in [-0.1, -0.05) is 12.1 Å². The van der Waals surface area contributed by atoms with Gasteiger partial charge in [-0.25, -0.2) is 17.8 Å². The molecule has 10 heteroatoms. The number of benzene rings is 1. The van der Waals surface area contributed by atoms with Crippen molar-refractivity contribution in [2.45, 2.75) is 37.8 Å². The first-order chi connectivity index (χ1) is 15.3. The molecule has 1 amide bonds. The van der Waals surface area contributed by atoms with E-state index < -0.39 is 10.0 Å². The van der Waals surface area contributed by atoms with Gasteiger partial charge in [-0.2, -0.15) is 4.31 Å². The van der Waals surface area contributed by atoms with Crippen molar-refractivity contribution < 1.29 is 17.6 Å². The lowest BCUT2D eigenvalue weighted by molar-refractivity contribution is -0.137. The van der Waals surface area contributed by atoms with Crippen LogP contribution in [0.25, 0.3) is 0 Å². The average molecular weight is 464 g/mol. The number of hydrogen-bond acceptors (Lipinski definition) is 5. The summed E-state index contributed by atoms with van der Waals surface area (Å²) in [6.45, 7) is 6.57. The van der Waals surface area contributed by atoms with E-state index in [4.69, 9.17) is 0 Å². The maximum absolute atomic E-state index is 14.1. The van der Waals surface area contributed by atoms with Crippen molar-refractivity contribution in [3.8, 4) is 0 Å². The predicted octanol–water partition coefficient (Wildman–Crippen LogP) is 2.35. The van der Waals surface area contributed by atoms with Crippen LogP contribution in [0.5, 0.6) is 0 Å². The van der Waals surface area contributed by atoms with E-state index in [1.807, 2.05) is 18.7 Å². The highest BCUT2D eigenvalue weighted by Gasteiger charge is 2.37. The molecular formula is C22H30FN5O3S. The molecule has 1 aromatic carbocycles. The lowest BCUT2D eigenvalue weighted by Crippen LogP contribution is -2.53. The maximum Gasteiger partial charge on any atom is 0.262 e. The van der Waals surface area contributed by atoms with Crippen LogP contribution in [0.4, 0.5) is 10.1 Å². The van der Waals surface area contributed by atoms with Gasteiger partial charge < -0.3 is 14.4 Å². The highest BCUT2D eigenvalue weighted by atomic mass is 32.2. The van der Waals surface area contributed by atoms with E-state index in [2.05, 4.69) is 4.98 Å². The Morgan fingerprint density at radius 3 is 2.50 bits per heavy atom. The number of amides is 1. The van der Waals surface area contributed by atoms with Gasteiger partial charge in [0.05, 0.1) is 17.9 Å². The molecule has 0 aliphatic carbocycles. The molecule has 1 atom stereocenters. The summed E-state index contributed by atoms with van der Waals surface area (Å²) in [6, 6.07) is 6.77. The highest BCUT2D eigenvalue weighted by molar-refractivity contribution is 7.89. The van der Waals surface area contributed by atoms with Crippen LogP contribution in [-0.2, 0) is 14.8 Å². The van der Waals surface area contributed by atoms with Crippen molar-refractivity contribution >= 4 is 21.6 Å². The summed E-state index contributed by atoms with van der Waals surface area (Å²) in [4.78, 5) is 21.0. The van der Waals surface area contributed by atoms with Crippen LogP contribution >= 0.6 is 0 Å². The normalized spacial score (nSPS) is 20.7. The molecule has 0 N–H and O–H groups in total. The van der Waals surface area contributed by atoms with Gasteiger partial charge in [0.25, 0.3) is 10.0 Å². The second-order valence-electron chi connectivity index (χ2n) is 8.72. The van der Waals surface area contributed by atoms with Gasteiger partial charge in [-0.3, -0.25) is 4.79 Å². The van der Waals surface area contributed by atoms with Crippen molar-refractivity contribution in [3.63, 3.8) is 0 Å². The third-order valence-electron chi connectivity index (χ3n) is 6.30. The fourth-order valence-electron chi connectivity index (χ4n) is 4.36. The Kier molecular flexibility index (Phi) is 6.52. The van der Waals surface area contributed by atoms with Crippen LogP contribution in [0, 0.1) is 11.7 Å². The Balaban J connectivity index is 1.39. The Labute approximate surface area is 188 Å². The van der Waals surface area contributed by atoms with Gasteiger partial charge in [0.2, 0.25) is 5.91 Å². The summed E-state index contributed by atoms with van der Waals surface area (Å²) < 4.78 is 43.4. The fraction of sp³-hybridized carbons (Fsp3) is 0.545. The topological polar surface area (TPSA) is 78.8 Å². The van der Waals surface area contributed by atoms with Gasteiger partial charge >= 0.3 is 0 Å². The third-order valence-corrected chi connectivity index (χ3v) is 8.05. The second kappa shape index (κ2) is 9.19. The Bertz CT molecular complexity index is 1060. The number of piperidine rings is 1. The van der Waals surface area contributed by atoms with Gasteiger partial charge in [0.1, 0.15) is 5.82 Å². The number of aromatic nitrogens is 2. The first-order valence-electron chi connectivity index (χ1n) is 11.1. The summed E-state index contributed by atoms with van der Waals surface area (Å²) in [5, 5.41) is 0.0257. The Morgan fingerprint density at radius 1 is 1.12 bits per heavy atom. The van der Waals surface area contributed by atoms with Crippen molar-refractivity contribution in [3.05, 3.63) is 42.6 Å². The highest BCUT2D eigenvalue weighted by Crippen LogP contribution is 2.26. The Morgan fingerprint density at radius 2 is 1.84 bits per heavy atom. The van der Waals surface area contributed by atoms with E-state index in [0.717, 1.165) is 0 Å². The third kappa shape index (κ3) is 4.52.